The summed E-state index contributed by atoms with van der Waals surface area (Å²) in [6, 6.07) is 16.4. The molecule has 0 fully saturated rings. The van der Waals surface area contributed by atoms with E-state index in [0.717, 1.165) is 18.6 Å². The van der Waals surface area contributed by atoms with E-state index in [9.17, 15) is 9.59 Å². The van der Waals surface area contributed by atoms with Crippen molar-refractivity contribution >= 4 is 17.7 Å². The minimum absolute atomic E-state index is 0.179. The Bertz CT molecular complexity index is 704. The molecule has 0 spiro atoms. The van der Waals surface area contributed by atoms with E-state index in [2.05, 4.69) is 10.6 Å². The van der Waals surface area contributed by atoms with Crippen LogP contribution in [0.4, 0.5) is 10.5 Å². The van der Waals surface area contributed by atoms with Crippen molar-refractivity contribution in [1.82, 2.24) is 5.32 Å². The van der Waals surface area contributed by atoms with Gasteiger partial charge in [0.15, 0.2) is 0 Å². The van der Waals surface area contributed by atoms with Crippen LogP contribution in [-0.2, 0) is 4.74 Å². The molecular formula is C20H24N2O4. The second-order valence-electron chi connectivity index (χ2n) is 5.55. The number of nitrogens with one attached hydrogen (secondary N) is 2. The van der Waals surface area contributed by atoms with E-state index in [0.29, 0.717) is 31.0 Å². The number of carbonyl (C=O) groups excluding carboxylic acids is 2. The van der Waals surface area contributed by atoms with E-state index in [-0.39, 0.29) is 5.91 Å². The Labute approximate surface area is 153 Å². The molecule has 0 atom stereocenters. The molecule has 6 heteroatoms. The summed E-state index contributed by atoms with van der Waals surface area (Å²) in [5.74, 6) is 0.670. The zero-order chi connectivity index (χ0) is 18.6. The first-order chi connectivity index (χ1) is 12.7. The quantitative estimate of drug-likeness (QED) is 0.669. The fraction of sp³-hybridized carbons (Fsp3) is 0.300. The van der Waals surface area contributed by atoms with E-state index in [1.165, 1.54) is 0 Å². The van der Waals surface area contributed by atoms with Gasteiger partial charge in [-0.15, -0.1) is 0 Å². The molecule has 0 unspecified atom stereocenters. The van der Waals surface area contributed by atoms with E-state index in [1.807, 2.05) is 30.3 Å². The number of hydrogen-bond acceptors (Lipinski definition) is 4. The molecule has 0 aliphatic carbocycles. The van der Waals surface area contributed by atoms with Crippen LogP contribution in [0, 0.1) is 0 Å². The fourth-order valence-electron chi connectivity index (χ4n) is 2.26. The highest BCUT2D eigenvalue weighted by molar-refractivity contribution is 5.96. The first-order valence-corrected chi connectivity index (χ1v) is 8.69. The highest BCUT2D eigenvalue weighted by Gasteiger charge is 2.07. The first-order valence-electron chi connectivity index (χ1n) is 8.69. The molecule has 0 radical (unpaired) electrons. The Morgan fingerprint density at radius 1 is 1.00 bits per heavy atom. The van der Waals surface area contributed by atoms with Crippen LogP contribution in [0.3, 0.4) is 0 Å². The van der Waals surface area contributed by atoms with Crippen LogP contribution >= 0.6 is 0 Å². The molecule has 0 saturated carbocycles. The zero-order valence-corrected chi connectivity index (χ0v) is 14.9. The van der Waals surface area contributed by atoms with Crippen LogP contribution in [0.15, 0.2) is 54.6 Å². The average molecular weight is 356 g/mol. The summed E-state index contributed by atoms with van der Waals surface area (Å²) < 4.78 is 10.4. The summed E-state index contributed by atoms with van der Waals surface area (Å²) in [5.41, 5.74) is 1.01. The summed E-state index contributed by atoms with van der Waals surface area (Å²) in [5, 5.41) is 5.44. The molecule has 0 heterocycles. The number of hydrogen-bond donors (Lipinski definition) is 2. The number of rotatable bonds is 9. The van der Waals surface area contributed by atoms with E-state index < -0.39 is 6.09 Å². The summed E-state index contributed by atoms with van der Waals surface area (Å²) in [6.45, 7) is 3.19. The Morgan fingerprint density at radius 2 is 1.81 bits per heavy atom. The second-order valence-corrected chi connectivity index (χ2v) is 5.55. The predicted octanol–water partition coefficient (Wildman–Crippen LogP) is 3.84. The molecule has 2 amide bonds. The third-order valence-corrected chi connectivity index (χ3v) is 3.52. The number of ether oxygens (including phenoxy) is 2. The van der Waals surface area contributed by atoms with E-state index in [1.54, 1.807) is 31.2 Å². The lowest BCUT2D eigenvalue weighted by molar-refractivity contribution is 0.0952. The lowest BCUT2D eigenvalue weighted by Crippen LogP contribution is -2.25. The fourth-order valence-corrected chi connectivity index (χ4v) is 2.26. The van der Waals surface area contributed by atoms with Crippen LogP contribution in [-0.4, -0.2) is 31.8 Å². The Hall–Kier alpha value is -3.02. The summed E-state index contributed by atoms with van der Waals surface area (Å²) in [6.07, 6.45) is 1.13. The molecule has 2 rings (SSSR count). The van der Waals surface area contributed by atoms with Crippen LogP contribution < -0.4 is 15.4 Å². The smallest absolute Gasteiger partial charge is 0.411 e. The van der Waals surface area contributed by atoms with Gasteiger partial charge in [0, 0.05) is 17.8 Å². The van der Waals surface area contributed by atoms with Crippen LogP contribution in [0.1, 0.15) is 30.1 Å². The van der Waals surface area contributed by atoms with Gasteiger partial charge in [-0.3, -0.25) is 10.1 Å². The summed E-state index contributed by atoms with van der Waals surface area (Å²) in [4.78, 5) is 23.6. The number of anilines is 1. The van der Waals surface area contributed by atoms with Gasteiger partial charge in [0.1, 0.15) is 5.75 Å². The highest BCUT2D eigenvalue weighted by Crippen LogP contribution is 2.11. The Morgan fingerprint density at radius 3 is 2.58 bits per heavy atom. The highest BCUT2D eigenvalue weighted by atomic mass is 16.5. The maximum Gasteiger partial charge on any atom is 0.411 e. The molecule has 0 aliphatic rings. The Balaban J connectivity index is 1.68. The van der Waals surface area contributed by atoms with Crippen LogP contribution in [0.5, 0.6) is 5.75 Å². The first kappa shape index (κ1) is 19.3. The molecule has 0 aliphatic heterocycles. The number of benzene rings is 2. The van der Waals surface area contributed by atoms with Crippen molar-refractivity contribution in [2.75, 3.05) is 25.1 Å². The standard InChI is InChI=1S/C20H24N2O4/c1-2-25-20(24)22-17-10-8-9-16(15-17)19(23)21-13-6-7-14-26-18-11-4-3-5-12-18/h3-5,8-12,15H,2,6-7,13-14H2,1H3,(H,21,23)(H,22,24). The van der Waals surface area contributed by atoms with Gasteiger partial charge in [-0.25, -0.2) is 4.79 Å². The lowest BCUT2D eigenvalue weighted by atomic mass is 10.2. The van der Waals surface area contributed by atoms with Gasteiger partial charge in [0.2, 0.25) is 0 Å². The lowest BCUT2D eigenvalue weighted by Gasteiger charge is -2.09. The van der Waals surface area contributed by atoms with Crippen molar-refractivity contribution in [3.8, 4) is 5.75 Å². The van der Waals surface area contributed by atoms with Crippen molar-refractivity contribution in [1.29, 1.82) is 0 Å². The second kappa shape index (κ2) is 10.8. The summed E-state index contributed by atoms with van der Waals surface area (Å²) in [7, 11) is 0. The minimum Gasteiger partial charge on any atom is -0.494 e. The monoisotopic (exact) mass is 356 g/mol. The largest absolute Gasteiger partial charge is 0.494 e. The zero-order valence-electron chi connectivity index (χ0n) is 14.9. The molecule has 2 aromatic rings. The molecule has 0 bridgehead atoms. The van der Waals surface area contributed by atoms with Gasteiger partial charge < -0.3 is 14.8 Å². The van der Waals surface area contributed by atoms with Gasteiger partial charge in [0.05, 0.1) is 13.2 Å². The Kier molecular flexibility index (Phi) is 7.99. The maximum atomic E-state index is 12.2. The van der Waals surface area contributed by atoms with E-state index in [4.69, 9.17) is 9.47 Å². The third-order valence-electron chi connectivity index (χ3n) is 3.52. The predicted molar refractivity (Wildman–Crippen MR) is 101 cm³/mol. The molecule has 138 valence electrons. The number of unbranched alkanes of at least 4 members (excludes halogenated alkanes) is 1. The van der Waals surface area contributed by atoms with Gasteiger partial charge in [-0.1, -0.05) is 24.3 Å². The summed E-state index contributed by atoms with van der Waals surface area (Å²) >= 11 is 0. The van der Waals surface area contributed by atoms with Gasteiger partial charge >= 0.3 is 6.09 Å². The molecule has 2 N–H and O–H groups in total. The van der Waals surface area contributed by atoms with Crippen molar-refractivity contribution in [2.45, 2.75) is 19.8 Å². The molecule has 26 heavy (non-hydrogen) atoms. The molecule has 0 saturated heterocycles. The third kappa shape index (κ3) is 6.84. The van der Waals surface area contributed by atoms with Crippen LogP contribution in [0.25, 0.3) is 0 Å². The number of para-hydroxylation sites is 1. The van der Waals surface area contributed by atoms with Crippen LogP contribution in [0.2, 0.25) is 0 Å². The van der Waals surface area contributed by atoms with Gasteiger partial charge in [-0.2, -0.15) is 0 Å². The number of amides is 2. The molecule has 0 aromatic heterocycles. The minimum atomic E-state index is -0.538. The van der Waals surface area contributed by atoms with Crippen molar-refractivity contribution in [3.63, 3.8) is 0 Å². The van der Waals surface area contributed by atoms with E-state index >= 15 is 0 Å². The molecular weight excluding hydrogens is 332 g/mol. The normalized spacial score (nSPS) is 10.0. The van der Waals surface area contributed by atoms with Crippen molar-refractivity contribution in [2.24, 2.45) is 0 Å². The van der Waals surface area contributed by atoms with Crippen molar-refractivity contribution < 1.29 is 19.1 Å². The molecule has 2 aromatic carbocycles. The van der Waals surface area contributed by atoms with Gasteiger partial charge in [0.25, 0.3) is 5.91 Å². The van der Waals surface area contributed by atoms with Gasteiger partial charge in [-0.05, 0) is 50.1 Å². The number of carbonyl (C=O) groups is 2. The maximum absolute atomic E-state index is 12.2. The average Bonchev–Trinajstić information content (AvgIpc) is 2.65. The van der Waals surface area contributed by atoms with Crippen molar-refractivity contribution in [3.05, 3.63) is 60.2 Å². The molecule has 6 nitrogen and oxygen atoms in total. The topological polar surface area (TPSA) is 76.7 Å². The SMILES string of the molecule is CCOC(=O)Nc1cccc(C(=O)NCCCCOc2ccccc2)c1.